The fourth-order valence-corrected chi connectivity index (χ4v) is 7.15. The van der Waals surface area contributed by atoms with Crippen molar-refractivity contribution in [2.24, 2.45) is 35.3 Å². The van der Waals surface area contributed by atoms with Gasteiger partial charge in [-0.2, -0.15) is 0 Å². The van der Waals surface area contributed by atoms with Crippen LogP contribution in [0.1, 0.15) is 60.0 Å². The van der Waals surface area contributed by atoms with E-state index in [0.29, 0.717) is 11.1 Å². The topological polar surface area (TPSA) is 155 Å². The molecule has 3 saturated carbocycles. The lowest BCUT2D eigenvalue weighted by molar-refractivity contribution is -0.181. The van der Waals surface area contributed by atoms with Gasteiger partial charge in [0, 0.05) is 17.4 Å². The van der Waals surface area contributed by atoms with E-state index in [-0.39, 0.29) is 30.1 Å². The maximum atomic E-state index is 13.8. The van der Waals surface area contributed by atoms with E-state index in [1.54, 1.807) is 20.2 Å². The standard InChI is InChI=1S/C29H32N2O7/c1-31(2)23-18-13-16-12-17-15(9-8-14-6-4-3-5-7-14)10-11-19(32)21(17)24(33)20(16)26(35)29(18,38)27(36)22(25(23)34)28(30)37/h10-11,14,16,18,20,22-23,32,38H,3-7,12-13H2,1-2H3,(H2,30,37)/t16-,18-,20?,22?,23-,29-/m0/s1. The van der Waals surface area contributed by atoms with Gasteiger partial charge in [0.25, 0.3) is 0 Å². The van der Waals surface area contributed by atoms with E-state index in [1.165, 1.54) is 17.4 Å². The molecule has 200 valence electrons. The summed E-state index contributed by atoms with van der Waals surface area (Å²) in [4.78, 5) is 67.6. The first-order valence-corrected chi connectivity index (χ1v) is 13.2. The zero-order valence-corrected chi connectivity index (χ0v) is 21.5. The van der Waals surface area contributed by atoms with Crippen LogP contribution in [0.15, 0.2) is 12.1 Å². The Morgan fingerprint density at radius 2 is 1.76 bits per heavy atom. The number of aliphatic hydroxyl groups is 1. The van der Waals surface area contributed by atoms with Gasteiger partial charge in [0.2, 0.25) is 5.91 Å². The highest BCUT2D eigenvalue weighted by atomic mass is 16.3. The van der Waals surface area contributed by atoms with Gasteiger partial charge >= 0.3 is 0 Å². The quantitative estimate of drug-likeness (QED) is 0.382. The van der Waals surface area contributed by atoms with Crippen LogP contribution in [0, 0.1) is 41.4 Å². The summed E-state index contributed by atoms with van der Waals surface area (Å²) in [5.74, 6) is -3.64. The summed E-state index contributed by atoms with van der Waals surface area (Å²) in [5.41, 5.74) is 3.76. The van der Waals surface area contributed by atoms with Crippen molar-refractivity contribution in [3.8, 4) is 17.6 Å². The maximum absolute atomic E-state index is 13.8. The number of primary amides is 1. The molecule has 9 nitrogen and oxygen atoms in total. The zero-order valence-electron chi connectivity index (χ0n) is 21.5. The number of likely N-dealkylation sites (N-methyl/N-ethyl adjacent to an activating group) is 1. The molecule has 0 saturated heterocycles. The molecule has 1 aromatic carbocycles. The van der Waals surface area contributed by atoms with E-state index in [1.807, 2.05) is 0 Å². The zero-order chi connectivity index (χ0) is 27.5. The molecule has 1 amide bonds. The lowest BCUT2D eigenvalue weighted by atomic mass is 9.52. The third-order valence-corrected chi connectivity index (χ3v) is 8.96. The van der Waals surface area contributed by atoms with Gasteiger partial charge in [-0.25, -0.2) is 0 Å². The van der Waals surface area contributed by atoms with E-state index in [0.717, 1.165) is 25.7 Å². The van der Waals surface area contributed by atoms with Crippen LogP contribution in [0.5, 0.6) is 5.75 Å². The Balaban J connectivity index is 1.58. The Bertz CT molecular complexity index is 1320. The van der Waals surface area contributed by atoms with Gasteiger partial charge in [-0.15, -0.1) is 0 Å². The molecule has 3 fully saturated rings. The molecule has 5 rings (SSSR count). The summed E-state index contributed by atoms with van der Waals surface area (Å²) in [5, 5.41) is 22.3. The number of carbonyl (C=O) groups excluding carboxylic acids is 5. The Hall–Kier alpha value is -3.35. The number of Topliss-reactive ketones (excluding diaryl/α,β-unsaturated/α-hetero) is 4. The summed E-state index contributed by atoms with van der Waals surface area (Å²) in [6.07, 6.45) is 5.73. The molecule has 0 aromatic heterocycles. The Morgan fingerprint density at radius 1 is 1.08 bits per heavy atom. The number of hydrogen-bond donors (Lipinski definition) is 3. The van der Waals surface area contributed by atoms with Crippen LogP contribution < -0.4 is 5.73 Å². The lowest BCUT2D eigenvalue weighted by Gasteiger charge is -2.52. The molecular formula is C29H32N2O7. The van der Waals surface area contributed by atoms with E-state index >= 15 is 0 Å². The van der Waals surface area contributed by atoms with Crippen molar-refractivity contribution in [3.63, 3.8) is 0 Å². The van der Waals surface area contributed by atoms with Gasteiger partial charge in [0.15, 0.2) is 34.7 Å². The summed E-state index contributed by atoms with van der Waals surface area (Å²) in [6.45, 7) is 0. The molecule has 6 atom stereocenters. The third kappa shape index (κ3) is 3.81. The van der Waals surface area contributed by atoms with Crippen LogP contribution >= 0.6 is 0 Å². The minimum absolute atomic E-state index is 0.0213. The largest absolute Gasteiger partial charge is 0.507 e. The molecule has 38 heavy (non-hydrogen) atoms. The van der Waals surface area contributed by atoms with Gasteiger partial charge in [-0.05, 0) is 63.4 Å². The number of ketones is 4. The van der Waals surface area contributed by atoms with Crippen LogP contribution in [0.4, 0.5) is 0 Å². The van der Waals surface area contributed by atoms with Crippen molar-refractivity contribution in [1.82, 2.24) is 4.90 Å². The van der Waals surface area contributed by atoms with Gasteiger partial charge < -0.3 is 15.9 Å². The fraction of sp³-hybridized carbons (Fsp3) is 0.552. The van der Waals surface area contributed by atoms with Crippen molar-refractivity contribution < 1.29 is 34.2 Å². The molecule has 1 aromatic rings. The molecule has 9 heteroatoms. The number of hydrogen-bond acceptors (Lipinski definition) is 8. The lowest BCUT2D eigenvalue weighted by Crippen LogP contribution is -2.74. The van der Waals surface area contributed by atoms with E-state index in [2.05, 4.69) is 11.8 Å². The predicted octanol–water partition coefficient (Wildman–Crippen LogP) is 0.799. The average Bonchev–Trinajstić information content (AvgIpc) is 2.86. The van der Waals surface area contributed by atoms with E-state index in [9.17, 15) is 34.2 Å². The minimum Gasteiger partial charge on any atom is -0.507 e. The molecule has 0 bridgehead atoms. The normalized spacial score (nSPS) is 33.2. The maximum Gasteiger partial charge on any atom is 0.235 e. The number of phenols is 1. The molecular weight excluding hydrogens is 488 g/mol. The number of amides is 1. The molecule has 4 aliphatic carbocycles. The first-order chi connectivity index (χ1) is 18.0. The third-order valence-electron chi connectivity index (χ3n) is 8.96. The monoisotopic (exact) mass is 520 g/mol. The molecule has 4 N–H and O–H groups in total. The van der Waals surface area contributed by atoms with Crippen molar-refractivity contribution in [3.05, 3.63) is 28.8 Å². The van der Waals surface area contributed by atoms with Gasteiger partial charge in [0.1, 0.15) is 5.75 Å². The number of phenolic OH excluding ortho intramolecular Hbond substituents is 1. The Morgan fingerprint density at radius 3 is 2.39 bits per heavy atom. The highest BCUT2D eigenvalue weighted by molar-refractivity contribution is 6.32. The fourth-order valence-electron chi connectivity index (χ4n) is 7.15. The highest BCUT2D eigenvalue weighted by Gasteiger charge is 2.69. The summed E-state index contributed by atoms with van der Waals surface area (Å²) in [7, 11) is 3.12. The van der Waals surface area contributed by atoms with E-state index in [4.69, 9.17) is 5.73 Å². The van der Waals surface area contributed by atoms with Gasteiger partial charge in [0.05, 0.1) is 17.5 Å². The molecule has 0 spiro atoms. The van der Waals surface area contributed by atoms with Crippen LogP contribution in [-0.4, -0.2) is 69.9 Å². The molecule has 4 aliphatic rings. The first kappa shape index (κ1) is 26.3. The SMILES string of the molecule is CN(C)[C@@H]1C(=O)C(C(N)=O)C(=O)[C@@]2(O)C(=O)C3C(=O)c4c(O)ccc(C#CC5CCCCC5)c4C[C@H]3C[C@@H]12. The number of benzene rings is 1. The second kappa shape index (κ2) is 9.44. The second-order valence-electron chi connectivity index (χ2n) is 11.4. The van der Waals surface area contributed by atoms with Crippen molar-refractivity contribution >= 4 is 29.0 Å². The predicted molar refractivity (Wildman–Crippen MR) is 135 cm³/mol. The number of nitrogens with two attached hydrogens (primary N) is 1. The van der Waals surface area contributed by atoms with Crippen LogP contribution in [0.3, 0.4) is 0 Å². The Labute approximate surface area is 220 Å². The van der Waals surface area contributed by atoms with Gasteiger partial charge in [-0.3, -0.25) is 28.9 Å². The number of carbonyl (C=O) groups is 5. The Kier molecular flexibility index (Phi) is 6.52. The van der Waals surface area contributed by atoms with Crippen LogP contribution in [0.25, 0.3) is 0 Å². The summed E-state index contributed by atoms with van der Waals surface area (Å²) >= 11 is 0. The second-order valence-corrected chi connectivity index (χ2v) is 11.4. The molecule has 0 heterocycles. The molecule has 0 radical (unpaired) electrons. The van der Waals surface area contributed by atoms with Crippen molar-refractivity contribution in [2.75, 3.05) is 14.1 Å². The molecule has 2 unspecified atom stereocenters. The average molecular weight is 521 g/mol. The number of aromatic hydroxyl groups is 1. The van der Waals surface area contributed by atoms with Crippen molar-refractivity contribution in [1.29, 1.82) is 0 Å². The highest BCUT2D eigenvalue weighted by Crippen LogP contribution is 2.51. The molecule has 0 aliphatic heterocycles. The van der Waals surface area contributed by atoms with Crippen LogP contribution in [0.2, 0.25) is 0 Å². The number of fused-ring (bicyclic) bond motifs is 3. The summed E-state index contributed by atoms with van der Waals surface area (Å²) in [6, 6.07) is 1.93. The van der Waals surface area contributed by atoms with Crippen molar-refractivity contribution in [2.45, 2.75) is 56.6 Å². The van der Waals surface area contributed by atoms with Gasteiger partial charge in [-0.1, -0.05) is 31.1 Å². The summed E-state index contributed by atoms with van der Waals surface area (Å²) < 4.78 is 0. The van der Waals surface area contributed by atoms with Crippen LogP contribution in [-0.2, 0) is 25.6 Å². The number of nitrogens with zero attached hydrogens (tertiary/aromatic N) is 1. The minimum atomic E-state index is -2.72. The van der Waals surface area contributed by atoms with E-state index < -0.39 is 64.4 Å². The number of rotatable bonds is 2. The first-order valence-electron chi connectivity index (χ1n) is 13.2. The smallest absolute Gasteiger partial charge is 0.235 e.